The lowest BCUT2D eigenvalue weighted by Gasteiger charge is -2.26. The first-order chi connectivity index (χ1) is 12.9. The Kier molecular flexibility index (Phi) is 6.10. The van der Waals surface area contributed by atoms with E-state index in [1.807, 2.05) is 31.2 Å². The van der Waals surface area contributed by atoms with Crippen LogP contribution < -0.4 is 10.6 Å². The van der Waals surface area contributed by atoms with Crippen LogP contribution in [0, 0.1) is 6.92 Å². The maximum atomic E-state index is 12.6. The van der Waals surface area contributed by atoms with E-state index in [1.54, 1.807) is 12.1 Å². The van der Waals surface area contributed by atoms with Gasteiger partial charge in [-0.05, 0) is 43.3 Å². The number of carbonyl (C=O) groups excluding carboxylic acids is 1. The molecule has 144 valence electrons. The fraction of sp³-hybridized carbons (Fsp3) is 0.316. The molecular formula is C19H23N3O4S. The van der Waals surface area contributed by atoms with Crippen molar-refractivity contribution in [2.45, 2.75) is 11.8 Å². The molecule has 0 radical (unpaired) electrons. The van der Waals surface area contributed by atoms with Crippen LogP contribution >= 0.6 is 0 Å². The number of morpholine rings is 1. The largest absolute Gasteiger partial charge is 0.379 e. The van der Waals surface area contributed by atoms with Crippen molar-refractivity contribution in [2.75, 3.05) is 43.5 Å². The van der Waals surface area contributed by atoms with Gasteiger partial charge in [-0.25, -0.2) is 8.42 Å². The van der Waals surface area contributed by atoms with Crippen LogP contribution in [-0.4, -0.2) is 51.5 Å². The summed E-state index contributed by atoms with van der Waals surface area (Å²) in [7, 11) is -3.53. The third kappa shape index (κ3) is 5.06. The zero-order valence-electron chi connectivity index (χ0n) is 15.1. The predicted octanol–water partition coefficient (Wildman–Crippen LogP) is 2.07. The highest BCUT2D eigenvalue weighted by Crippen LogP contribution is 2.19. The number of ether oxygens (including phenoxy) is 1. The minimum atomic E-state index is -3.53. The molecule has 3 rings (SSSR count). The van der Waals surface area contributed by atoms with E-state index in [4.69, 9.17) is 4.74 Å². The average molecular weight is 389 g/mol. The third-order valence-electron chi connectivity index (χ3n) is 4.25. The average Bonchev–Trinajstić information content (AvgIpc) is 2.69. The molecule has 0 aliphatic carbocycles. The second-order valence-corrected chi connectivity index (χ2v) is 8.25. The number of benzene rings is 2. The molecule has 27 heavy (non-hydrogen) atoms. The van der Waals surface area contributed by atoms with Crippen molar-refractivity contribution < 1.29 is 17.9 Å². The molecule has 0 spiro atoms. The number of aryl methyl sites for hydroxylation is 1. The van der Waals surface area contributed by atoms with Crippen LogP contribution in [-0.2, 0) is 19.6 Å². The van der Waals surface area contributed by atoms with E-state index in [1.165, 1.54) is 16.4 Å². The smallest absolute Gasteiger partial charge is 0.243 e. The van der Waals surface area contributed by atoms with Crippen LogP contribution in [0.25, 0.3) is 0 Å². The fourth-order valence-electron chi connectivity index (χ4n) is 2.71. The molecule has 7 nitrogen and oxygen atoms in total. The number of carbonyl (C=O) groups is 1. The number of anilines is 2. The zero-order chi connectivity index (χ0) is 19.3. The van der Waals surface area contributed by atoms with Crippen molar-refractivity contribution in [1.82, 2.24) is 4.31 Å². The highest BCUT2D eigenvalue weighted by atomic mass is 32.2. The Hall–Kier alpha value is -2.42. The topological polar surface area (TPSA) is 87.7 Å². The SMILES string of the molecule is Cc1ccc(NCC(=O)Nc2ccc(S(=O)(=O)N3CCOCC3)cc2)cc1. The van der Waals surface area contributed by atoms with Crippen LogP contribution in [0.4, 0.5) is 11.4 Å². The summed E-state index contributed by atoms with van der Waals surface area (Å²) < 4.78 is 31.8. The summed E-state index contributed by atoms with van der Waals surface area (Å²) in [6, 6.07) is 14.0. The molecule has 0 aromatic heterocycles. The Bertz CT molecular complexity index is 874. The highest BCUT2D eigenvalue weighted by Gasteiger charge is 2.26. The molecule has 1 fully saturated rings. The van der Waals surface area contributed by atoms with Crippen molar-refractivity contribution in [3.05, 3.63) is 54.1 Å². The molecule has 8 heteroatoms. The number of nitrogens with one attached hydrogen (secondary N) is 2. The normalized spacial score (nSPS) is 15.3. The summed E-state index contributed by atoms with van der Waals surface area (Å²) in [5.41, 5.74) is 2.56. The molecule has 1 heterocycles. The zero-order valence-corrected chi connectivity index (χ0v) is 16.0. The lowest BCUT2D eigenvalue weighted by Crippen LogP contribution is -2.40. The van der Waals surface area contributed by atoms with E-state index in [0.29, 0.717) is 32.0 Å². The van der Waals surface area contributed by atoms with Gasteiger partial charge in [0.05, 0.1) is 24.7 Å². The van der Waals surface area contributed by atoms with Gasteiger partial charge in [-0.15, -0.1) is 0 Å². The maximum Gasteiger partial charge on any atom is 0.243 e. The minimum Gasteiger partial charge on any atom is -0.379 e. The first-order valence-electron chi connectivity index (χ1n) is 8.73. The second kappa shape index (κ2) is 8.51. The van der Waals surface area contributed by atoms with E-state index >= 15 is 0 Å². The molecule has 2 N–H and O–H groups in total. The molecule has 1 amide bonds. The van der Waals surface area contributed by atoms with Crippen LogP contribution in [0.15, 0.2) is 53.4 Å². The number of amides is 1. The molecule has 0 unspecified atom stereocenters. The van der Waals surface area contributed by atoms with Crippen molar-refractivity contribution in [2.24, 2.45) is 0 Å². The predicted molar refractivity (Wildman–Crippen MR) is 104 cm³/mol. The number of nitrogens with zero attached hydrogens (tertiary/aromatic N) is 1. The van der Waals surface area contributed by atoms with Crippen molar-refractivity contribution in [3.63, 3.8) is 0 Å². The second-order valence-electron chi connectivity index (χ2n) is 6.31. The van der Waals surface area contributed by atoms with Gasteiger partial charge in [0, 0.05) is 24.5 Å². The molecule has 1 aliphatic rings. The highest BCUT2D eigenvalue weighted by molar-refractivity contribution is 7.89. The lowest BCUT2D eigenvalue weighted by atomic mass is 10.2. The van der Waals surface area contributed by atoms with Gasteiger partial charge in [0.25, 0.3) is 0 Å². The lowest BCUT2D eigenvalue weighted by molar-refractivity contribution is -0.114. The number of hydrogen-bond donors (Lipinski definition) is 2. The standard InChI is InChI=1S/C19H23N3O4S/c1-15-2-4-16(5-3-15)20-14-19(23)21-17-6-8-18(9-7-17)27(24,25)22-10-12-26-13-11-22/h2-9,20H,10-14H2,1H3,(H,21,23). The summed E-state index contributed by atoms with van der Waals surface area (Å²) in [5.74, 6) is -0.209. The van der Waals surface area contributed by atoms with E-state index in [9.17, 15) is 13.2 Å². The monoisotopic (exact) mass is 389 g/mol. The molecule has 2 aromatic carbocycles. The Morgan fingerprint density at radius 2 is 1.59 bits per heavy atom. The summed E-state index contributed by atoms with van der Waals surface area (Å²) >= 11 is 0. The third-order valence-corrected chi connectivity index (χ3v) is 6.16. The summed E-state index contributed by atoms with van der Waals surface area (Å²) in [4.78, 5) is 12.3. The Balaban J connectivity index is 1.56. The Morgan fingerprint density at radius 1 is 1.00 bits per heavy atom. The number of hydrogen-bond acceptors (Lipinski definition) is 5. The summed E-state index contributed by atoms with van der Waals surface area (Å²) in [6.07, 6.45) is 0. The van der Waals surface area contributed by atoms with Crippen molar-refractivity contribution in [3.8, 4) is 0 Å². The van der Waals surface area contributed by atoms with Crippen LogP contribution in [0.3, 0.4) is 0 Å². The molecular weight excluding hydrogens is 366 g/mol. The van der Waals surface area contributed by atoms with Crippen LogP contribution in [0.5, 0.6) is 0 Å². The molecule has 0 saturated carbocycles. The van der Waals surface area contributed by atoms with Gasteiger partial charge in [0.2, 0.25) is 15.9 Å². The first kappa shape index (κ1) is 19.3. The van der Waals surface area contributed by atoms with Crippen molar-refractivity contribution in [1.29, 1.82) is 0 Å². The number of rotatable bonds is 6. The molecule has 0 bridgehead atoms. The van der Waals surface area contributed by atoms with Gasteiger partial charge in [0.15, 0.2) is 0 Å². The first-order valence-corrected chi connectivity index (χ1v) is 10.2. The van der Waals surface area contributed by atoms with E-state index in [2.05, 4.69) is 10.6 Å². The Labute approximate surface area is 159 Å². The summed E-state index contributed by atoms with van der Waals surface area (Å²) in [6.45, 7) is 3.63. The van der Waals surface area contributed by atoms with E-state index in [-0.39, 0.29) is 17.3 Å². The number of sulfonamides is 1. The van der Waals surface area contributed by atoms with Gasteiger partial charge in [-0.2, -0.15) is 4.31 Å². The Morgan fingerprint density at radius 3 is 2.22 bits per heavy atom. The van der Waals surface area contributed by atoms with Gasteiger partial charge < -0.3 is 15.4 Å². The van der Waals surface area contributed by atoms with E-state index in [0.717, 1.165) is 11.3 Å². The van der Waals surface area contributed by atoms with E-state index < -0.39 is 10.0 Å². The van der Waals surface area contributed by atoms with Crippen LogP contribution in [0.1, 0.15) is 5.56 Å². The molecule has 1 saturated heterocycles. The maximum absolute atomic E-state index is 12.6. The van der Waals surface area contributed by atoms with Gasteiger partial charge in [0.1, 0.15) is 0 Å². The molecule has 0 atom stereocenters. The van der Waals surface area contributed by atoms with Crippen molar-refractivity contribution >= 4 is 27.3 Å². The van der Waals surface area contributed by atoms with Gasteiger partial charge in [-0.1, -0.05) is 17.7 Å². The quantitative estimate of drug-likeness (QED) is 0.790. The van der Waals surface area contributed by atoms with Crippen LogP contribution in [0.2, 0.25) is 0 Å². The van der Waals surface area contributed by atoms with Gasteiger partial charge in [-0.3, -0.25) is 4.79 Å². The molecule has 2 aromatic rings. The summed E-state index contributed by atoms with van der Waals surface area (Å²) in [5, 5.41) is 5.80. The fourth-order valence-corrected chi connectivity index (χ4v) is 4.11. The minimum absolute atomic E-state index is 0.122. The van der Waals surface area contributed by atoms with Gasteiger partial charge >= 0.3 is 0 Å². The molecule has 1 aliphatic heterocycles.